The van der Waals surface area contributed by atoms with E-state index in [0.29, 0.717) is 26.3 Å². The van der Waals surface area contributed by atoms with Gasteiger partial charge in [0.05, 0.1) is 20.6 Å². The molecule has 0 radical (unpaired) electrons. The molecule has 24 heavy (non-hydrogen) atoms. The minimum Gasteiger partial charge on any atom is -0.268 e. The molecule has 122 valence electrons. The van der Waals surface area contributed by atoms with Gasteiger partial charge in [0.2, 0.25) is 0 Å². The van der Waals surface area contributed by atoms with Crippen molar-refractivity contribution in [1.29, 1.82) is 0 Å². The molecular weight excluding hydrogens is 412 g/mol. The fraction of sp³-hybridized carbons (Fsp3) is 0. The summed E-state index contributed by atoms with van der Waals surface area (Å²) in [6, 6.07) is 9.46. The molecule has 8 heteroatoms. The van der Waals surface area contributed by atoms with E-state index in [9.17, 15) is 9.59 Å². The molecule has 0 bridgehead atoms. The Labute approximate surface area is 162 Å². The monoisotopic (exact) mass is 417 g/mol. The standard InChI is InChI=1S/C16H7Cl4NO2S/c17-9-2-1-8(12(19)6-9)5-14-15(22)21(16(23)24-14)10-3-4-11(18)13(20)7-10/h1-7H/b14-5-. The van der Waals surface area contributed by atoms with Crippen molar-refractivity contribution >= 4 is 81.1 Å². The number of amides is 2. The van der Waals surface area contributed by atoms with Crippen molar-refractivity contribution in [3.8, 4) is 0 Å². The lowest BCUT2D eigenvalue weighted by Crippen LogP contribution is -2.27. The quantitative estimate of drug-likeness (QED) is 0.519. The van der Waals surface area contributed by atoms with E-state index < -0.39 is 11.1 Å². The van der Waals surface area contributed by atoms with Crippen molar-refractivity contribution in [1.82, 2.24) is 0 Å². The number of imide groups is 1. The molecule has 2 aromatic carbocycles. The zero-order valence-electron chi connectivity index (χ0n) is 11.7. The van der Waals surface area contributed by atoms with Gasteiger partial charge in [0.1, 0.15) is 0 Å². The second-order valence-electron chi connectivity index (χ2n) is 4.78. The molecule has 3 nitrogen and oxygen atoms in total. The van der Waals surface area contributed by atoms with E-state index in [1.165, 1.54) is 12.1 Å². The SMILES string of the molecule is O=C1S/C(=C\c2ccc(Cl)cc2Cl)C(=O)N1c1ccc(Cl)c(Cl)c1. The van der Waals surface area contributed by atoms with E-state index in [1.807, 2.05) is 0 Å². The van der Waals surface area contributed by atoms with E-state index in [1.54, 1.807) is 30.3 Å². The van der Waals surface area contributed by atoms with Gasteiger partial charge in [0.15, 0.2) is 0 Å². The van der Waals surface area contributed by atoms with Crippen molar-refractivity contribution in [2.45, 2.75) is 0 Å². The van der Waals surface area contributed by atoms with Crippen molar-refractivity contribution < 1.29 is 9.59 Å². The molecule has 1 fully saturated rings. The van der Waals surface area contributed by atoms with Gasteiger partial charge in [0.25, 0.3) is 11.1 Å². The van der Waals surface area contributed by atoms with E-state index >= 15 is 0 Å². The Morgan fingerprint density at radius 1 is 0.875 bits per heavy atom. The summed E-state index contributed by atoms with van der Waals surface area (Å²) in [5, 5.41) is 1.06. The lowest BCUT2D eigenvalue weighted by Gasteiger charge is -2.13. The molecule has 1 aliphatic heterocycles. The number of carbonyl (C=O) groups excluding carboxylic acids is 2. The number of hydrogen-bond acceptors (Lipinski definition) is 3. The Morgan fingerprint density at radius 2 is 1.62 bits per heavy atom. The molecule has 2 aromatic rings. The van der Waals surface area contributed by atoms with Crippen LogP contribution < -0.4 is 4.90 Å². The van der Waals surface area contributed by atoms with Gasteiger partial charge < -0.3 is 0 Å². The Hall–Kier alpha value is -1.17. The molecule has 1 saturated heterocycles. The molecule has 3 rings (SSSR count). The Morgan fingerprint density at radius 3 is 2.29 bits per heavy atom. The van der Waals surface area contributed by atoms with Gasteiger partial charge in [-0.2, -0.15) is 0 Å². The summed E-state index contributed by atoms with van der Waals surface area (Å²) in [5.74, 6) is -0.450. The molecule has 0 aliphatic carbocycles. The van der Waals surface area contributed by atoms with Gasteiger partial charge in [-0.15, -0.1) is 0 Å². The van der Waals surface area contributed by atoms with Crippen LogP contribution in [0, 0.1) is 0 Å². The predicted molar refractivity (Wildman–Crippen MR) is 101 cm³/mol. The fourth-order valence-electron chi connectivity index (χ4n) is 2.07. The maximum absolute atomic E-state index is 12.6. The summed E-state index contributed by atoms with van der Waals surface area (Å²) in [6.07, 6.45) is 1.56. The van der Waals surface area contributed by atoms with Gasteiger partial charge in [-0.25, -0.2) is 4.90 Å². The van der Waals surface area contributed by atoms with Crippen LogP contribution in [0.25, 0.3) is 6.08 Å². The van der Waals surface area contributed by atoms with Crippen molar-refractivity contribution in [3.63, 3.8) is 0 Å². The third-order valence-corrected chi connectivity index (χ3v) is 5.38. The van der Waals surface area contributed by atoms with Crippen LogP contribution >= 0.6 is 58.2 Å². The van der Waals surface area contributed by atoms with Crippen LogP contribution in [0.5, 0.6) is 0 Å². The van der Waals surface area contributed by atoms with Gasteiger partial charge in [-0.1, -0.05) is 52.5 Å². The van der Waals surface area contributed by atoms with E-state index in [0.717, 1.165) is 16.7 Å². The molecule has 0 saturated carbocycles. The summed E-state index contributed by atoms with van der Waals surface area (Å²) in [7, 11) is 0. The summed E-state index contributed by atoms with van der Waals surface area (Å²) in [5.41, 5.74) is 0.957. The summed E-state index contributed by atoms with van der Waals surface area (Å²) >= 11 is 24.6. The van der Waals surface area contributed by atoms with Gasteiger partial charge in [-0.3, -0.25) is 9.59 Å². The maximum Gasteiger partial charge on any atom is 0.298 e. The molecule has 0 spiro atoms. The second kappa shape index (κ2) is 6.98. The summed E-state index contributed by atoms with van der Waals surface area (Å²) < 4.78 is 0. The zero-order valence-corrected chi connectivity index (χ0v) is 15.6. The van der Waals surface area contributed by atoms with Crippen LogP contribution in [-0.2, 0) is 4.79 Å². The van der Waals surface area contributed by atoms with Crippen LogP contribution in [-0.4, -0.2) is 11.1 Å². The predicted octanol–water partition coefficient (Wildman–Crippen LogP) is 6.54. The average Bonchev–Trinajstić information content (AvgIpc) is 2.79. The molecule has 1 heterocycles. The maximum atomic E-state index is 12.6. The molecule has 2 amide bonds. The molecule has 0 unspecified atom stereocenters. The Kier molecular flexibility index (Phi) is 5.13. The first-order valence-electron chi connectivity index (χ1n) is 6.55. The summed E-state index contributed by atoms with van der Waals surface area (Å²) in [4.78, 5) is 26.1. The third kappa shape index (κ3) is 3.44. The van der Waals surface area contributed by atoms with Gasteiger partial charge in [-0.05, 0) is 53.7 Å². The molecule has 0 N–H and O–H groups in total. The molecule has 0 atom stereocenters. The van der Waals surface area contributed by atoms with Gasteiger partial charge in [0, 0.05) is 10.0 Å². The lowest BCUT2D eigenvalue weighted by molar-refractivity contribution is -0.113. The zero-order chi connectivity index (χ0) is 17.4. The van der Waals surface area contributed by atoms with Crippen molar-refractivity contribution in [3.05, 3.63) is 67.0 Å². The minimum absolute atomic E-state index is 0.260. The lowest BCUT2D eigenvalue weighted by atomic mass is 10.2. The number of nitrogens with zero attached hydrogens (tertiary/aromatic N) is 1. The van der Waals surface area contributed by atoms with Crippen molar-refractivity contribution in [2.24, 2.45) is 0 Å². The number of halogens is 4. The van der Waals surface area contributed by atoms with E-state index in [4.69, 9.17) is 46.4 Å². The van der Waals surface area contributed by atoms with Crippen LogP contribution in [0.2, 0.25) is 20.1 Å². The van der Waals surface area contributed by atoms with E-state index in [2.05, 4.69) is 0 Å². The first-order valence-corrected chi connectivity index (χ1v) is 8.88. The largest absolute Gasteiger partial charge is 0.298 e. The molecular formula is C16H7Cl4NO2S. The number of hydrogen-bond donors (Lipinski definition) is 0. The minimum atomic E-state index is -0.450. The number of carbonyl (C=O) groups is 2. The van der Waals surface area contributed by atoms with Crippen LogP contribution in [0.4, 0.5) is 10.5 Å². The highest BCUT2D eigenvalue weighted by molar-refractivity contribution is 8.19. The first-order chi connectivity index (χ1) is 11.4. The van der Waals surface area contributed by atoms with Crippen LogP contribution in [0.15, 0.2) is 41.3 Å². The first kappa shape index (κ1) is 17.6. The highest BCUT2D eigenvalue weighted by Crippen LogP contribution is 2.38. The molecule has 0 aromatic heterocycles. The number of benzene rings is 2. The Balaban J connectivity index is 1.96. The second-order valence-corrected chi connectivity index (χ2v) is 7.43. The Bertz CT molecular complexity index is 898. The highest BCUT2D eigenvalue weighted by atomic mass is 35.5. The fourth-order valence-corrected chi connectivity index (χ4v) is 3.66. The van der Waals surface area contributed by atoms with Crippen molar-refractivity contribution in [2.75, 3.05) is 4.90 Å². The average molecular weight is 419 g/mol. The normalized spacial score (nSPS) is 16.3. The van der Waals surface area contributed by atoms with Crippen LogP contribution in [0.1, 0.15) is 5.56 Å². The van der Waals surface area contributed by atoms with E-state index in [-0.39, 0.29) is 9.93 Å². The smallest absolute Gasteiger partial charge is 0.268 e. The number of anilines is 1. The molecule has 1 aliphatic rings. The summed E-state index contributed by atoms with van der Waals surface area (Å²) in [6.45, 7) is 0. The number of thioether (sulfide) groups is 1. The van der Waals surface area contributed by atoms with Crippen LogP contribution in [0.3, 0.4) is 0 Å². The topological polar surface area (TPSA) is 37.4 Å². The highest BCUT2D eigenvalue weighted by Gasteiger charge is 2.36. The third-order valence-electron chi connectivity index (χ3n) is 3.20. The van der Waals surface area contributed by atoms with Gasteiger partial charge >= 0.3 is 0 Å². The number of rotatable bonds is 2.